The molecule has 0 atom stereocenters. The van der Waals surface area contributed by atoms with Gasteiger partial charge in [0.15, 0.2) is 11.5 Å². The Kier molecular flexibility index (Phi) is 5.61. The first kappa shape index (κ1) is 23.4. The molecular formula is C31H22N2O5. The Morgan fingerprint density at radius 1 is 0.868 bits per heavy atom. The lowest BCUT2D eigenvalue weighted by Crippen LogP contribution is -2.13. The quantitative estimate of drug-likeness (QED) is 0.163. The molecule has 4 aromatic carbocycles. The number of oxime groups is 1. The van der Waals surface area contributed by atoms with Crippen LogP contribution < -0.4 is 4.74 Å². The van der Waals surface area contributed by atoms with E-state index in [9.17, 15) is 14.4 Å². The molecule has 1 aliphatic heterocycles. The Bertz CT molecular complexity index is 1800. The van der Waals surface area contributed by atoms with E-state index in [0.29, 0.717) is 34.4 Å². The van der Waals surface area contributed by atoms with Crippen LogP contribution in [-0.4, -0.2) is 28.0 Å². The molecule has 0 spiro atoms. The van der Waals surface area contributed by atoms with Crippen molar-refractivity contribution in [1.29, 1.82) is 0 Å². The predicted octanol–water partition coefficient (Wildman–Crippen LogP) is 6.16. The van der Waals surface area contributed by atoms with Gasteiger partial charge >= 0.3 is 11.9 Å². The Labute approximate surface area is 217 Å². The maximum absolute atomic E-state index is 13.5. The highest BCUT2D eigenvalue weighted by atomic mass is 16.7. The zero-order chi connectivity index (χ0) is 26.4. The summed E-state index contributed by atoms with van der Waals surface area (Å²) in [4.78, 5) is 42.2. The van der Waals surface area contributed by atoms with Crippen LogP contribution in [0.5, 0.6) is 5.75 Å². The minimum absolute atomic E-state index is 0.106. The molecule has 6 rings (SSSR count). The topological polar surface area (TPSA) is 87.0 Å². The minimum Gasteiger partial charge on any atom is -0.432 e. The number of Topliss-reactive ketones (excluding diaryl/α,β-unsaturated/α-hetero) is 1. The van der Waals surface area contributed by atoms with Crippen molar-refractivity contribution in [2.24, 2.45) is 5.16 Å². The van der Waals surface area contributed by atoms with Gasteiger partial charge in [-0.1, -0.05) is 54.6 Å². The number of carbonyl (C=O) groups is 3. The summed E-state index contributed by atoms with van der Waals surface area (Å²) >= 11 is 0. The van der Waals surface area contributed by atoms with E-state index >= 15 is 0 Å². The number of rotatable bonds is 5. The lowest BCUT2D eigenvalue weighted by atomic mass is 9.98. The van der Waals surface area contributed by atoms with Gasteiger partial charge in [-0.25, -0.2) is 4.79 Å². The van der Waals surface area contributed by atoms with Crippen LogP contribution in [0.25, 0.3) is 32.9 Å². The van der Waals surface area contributed by atoms with Crippen molar-refractivity contribution < 1.29 is 24.0 Å². The second-order valence-electron chi connectivity index (χ2n) is 9.00. The molecule has 0 aliphatic carbocycles. The third-order valence-corrected chi connectivity index (χ3v) is 6.71. The second-order valence-corrected chi connectivity index (χ2v) is 9.00. The van der Waals surface area contributed by atoms with E-state index in [2.05, 4.69) is 14.6 Å². The van der Waals surface area contributed by atoms with Gasteiger partial charge in [0.1, 0.15) is 0 Å². The number of hydrogen-bond acceptors (Lipinski definition) is 6. The summed E-state index contributed by atoms with van der Waals surface area (Å²) in [5.74, 6) is -1.19. The van der Waals surface area contributed by atoms with Crippen molar-refractivity contribution >= 4 is 45.2 Å². The molecule has 7 nitrogen and oxygen atoms in total. The van der Waals surface area contributed by atoms with E-state index in [-0.39, 0.29) is 11.7 Å². The van der Waals surface area contributed by atoms with E-state index in [1.54, 1.807) is 6.07 Å². The van der Waals surface area contributed by atoms with Crippen LogP contribution in [0.2, 0.25) is 0 Å². The van der Waals surface area contributed by atoms with Crippen molar-refractivity contribution in [2.75, 3.05) is 0 Å². The first-order valence-electron chi connectivity index (χ1n) is 12.2. The normalized spacial score (nSPS) is 13.6. The van der Waals surface area contributed by atoms with Crippen molar-refractivity contribution in [3.63, 3.8) is 0 Å². The predicted molar refractivity (Wildman–Crippen MR) is 145 cm³/mol. The number of fused-ring (bicyclic) bond motifs is 5. The standard InChI is InChI=1S/C31H22N2O5/c1-3-33-25-15-13-22(28(35)21-11-9-20(10-12-21)19-7-5-4-6-8-19)17-24(25)27-26(33)16-14-23-29(36)31(37-30(23)27)32-38-18(2)34/h4-17H,3H2,1-2H3/b32-31-. The van der Waals surface area contributed by atoms with E-state index in [1.807, 2.05) is 85.8 Å². The highest BCUT2D eigenvalue weighted by Gasteiger charge is 2.33. The third-order valence-electron chi connectivity index (χ3n) is 6.71. The van der Waals surface area contributed by atoms with Gasteiger partial charge < -0.3 is 14.1 Å². The van der Waals surface area contributed by atoms with Crippen molar-refractivity contribution in [3.8, 4) is 16.9 Å². The van der Waals surface area contributed by atoms with Crippen LogP contribution in [0, 0.1) is 0 Å². The Morgan fingerprint density at radius 2 is 1.55 bits per heavy atom. The first-order chi connectivity index (χ1) is 18.5. The number of benzene rings is 4. The maximum Gasteiger partial charge on any atom is 0.332 e. The van der Waals surface area contributed by atoms with Gasteiger partial charge in [0.05, 0.1) is 16.5 Å². The van der Waals surface area contributed by atoms with E-state index in [1.165, 1.54) is 6.92 Å². The van der Waals surface area contributed by atoms with Gasteiger partial charge in [0.25, 0.3) is 5.78 Å². The molecule has 2 heterocycles. The highest BCUT2D eigenvalue weighted by molar-refractivity contribution is 6.47. The van der Waals surface area contributed by atoms with E-state index in [0.717, 1.165) is 27.5 Å². The van der Waals surface area contributed by atoms with Crippen LogP contribution in [0.15, 0.2) is 90.1 Å². The molecule has 1 aromatic heterocycles. The van der Waals surface area contributed by atoms with Crippen LogP contribution in [-0.2, 0) is 16.2 Å². The molecular weight excluding hydrogens is 480 g/mol. The smallest absolute Gasteiger partial charge is 0.332 e. The molecule has 0 unspecified atom stereocenters. The number of carbonyl (C=O) groups excluding carboxylic acids is 3. The summed E-state index contributed by atoms with van der Waals surface area (Å²) in [5, 5.41) is 5.07. The summed E-state index contributed by atoms with van der Waals surface area (Å²) in [5.41, 5.74) is 5.32. The zero-order valence-electron chi connectivity index (χ0n) is 20.7. The number of aryl methyl sites for hydroxylation is 1. The van der Waals surface area contributed by atoms with E-state index < -0.39 is 11.8 Å². The van der Waals surface area contributed by atoms with Gasteiger partial charge in [-0.3, -0.25) is 9.59 Å². The van der Waals surface area contributed by atoms with Crippen LogP contribution in [0.4, 0.5) is 0 Å². The molecule has 7 heteroatoms. The fraction of sp³-hybridized carbons (Fsp3) is 0.0968. The average molecular weight is 503 g/mol. The first-order valence-corrected chi connectivity index (χ1v) is 12.2. The fourth-order valence-electron chi connectivity index (χ4n) is 4.96. The Hall–Kier alpha value is -5.04. The summed E-state index contributed by atoms with van der Waals surface area (Å²) in [6, 6.07) is 26.7. The molecule has 0 saturated heterocycles. The number of hydrogen-bond donors (Lipinski definition) is 0. The average Bonchev–Trinajstić information content (AvgIpc) is 3.45. The molecule has 0 N–H and O–H groups in total. The molecule has 0 bridgehead atoms. The largest absolute Gasteiger partial charge is 0.432 e. The molecule has 5 aromatic rings. The lowest BCUT2D eigenvalue weighted by molar-refractivity contribution is -0.141. The SMILES string of the molecule is CCn1c2ccc(C(=O)c3ccc(-c4ccccc4)cc3)cc2c2c3c(ccc21)C(=O)/C(=N/OC(C)=O)O3. The van der Waals surface area contributed by atoms with Gasteiger partial charge in [-0.15, -0.1) is 0 Å². The Balaban J connectivity index is 1.44. The summed E-state index contributed by atoms with van der Waals surface area (Å²) in [6.45, 7) is 3.89. The summed E-state index contributed by atoms with van der Waals surface area (Å²) in [6.07, 6.45) is 0. The fourth-order valence-corrected chi connectivity index (χ4v) is 4.96. The molecule has 0 saturated carbocycles. The lowest BCUT2D eigenvalue weighted by Gasteiger charge is -2.06. The number of ketones is 2. The molecule has 186 valence electrons. The monoisotopic (exact) mass is 502 g/mol. The second kappa shape index (κ2) is 9.12. The van der Waals surface area contributed by atoms with Crippen molar-refractivity contribution in [3.05, 3.63) is 102 Å². The molecule has 0 amide bonds. The molecule has 38 heavy (non-hydrogen) atoms. The van der Waals surface area contributed by atoms with Crippen LogP contribution >= 0.6 is 0 Å². The van der Waals surface area contributed by atoms with Gasteiger partial charge in [-0.2, -0.15) is 0 Å². The summed E-state index contributed by atoms with van der Waals surface area (Å²) < 4.78 is 7.91. The van der Waals surface area contributed by atoms with Gasteiger partial charge in [-0.05, 0) is 53.5 Å². The zero-order valence-corrected chi connectivity index (χ0v) is 20.7. The maximum atomic E-state index is 13.5. The van der Waals surface area contributed by atoms with Crippen molar-refractivity contribution in [2.45, 2.75) is 20.4 Å². The van der Waals surface area contributed by atoms with Crippen LogP contribution in [0.1, 0.15) is 40.1 Å². The molecule has 1 aliphatic rings. The summed E-state index contributed by atoms with van der Waals surface area (Å²) in [7, 11) is 0. The minimum atomic E-state index is -0.655. The van der Waals surface area contributed by atoms with Crippen LogP contribution in [0.3, 0.4) is 0 Å². The number of nitrogens with zero attached hydrogens (tertiary/aromatic N) is 2. The molecule has 0 fully saturated rings. The number of ether oxygens (including phenoxy) is 1. The van der Waals surface area contributed by atoms with E-state index in [4.69, 9.17) is 4.74 Å². The number of aromatic nitrogens is 1. The highest BCUT2D eigenvalue weighted by Crippen LogP contribution is 2.41. The Morgan fingerprint density at radius 3 is 2.26 bits per heavy atom. The third kappa shape index (κ3) is 3.76. The van der Waals surface area contributed by atoms with Crippen molar-refractivity contribution in [1.82, 2.24) is 4.57 Å². The van der Waals surface area contributed by atoms with Gasteiger partial charge in [0, 0.05) is 35.5 Å². The van der Waals surface area contributed by atoms with Gasteiger partial charge in [0.2, 0.25) is 0 Å². The molecule has 0 radical (unpaired) electrons.